The van der Waals surface area contributed by atoms with Gasteiger partial charge in [0.05, 0.1) is 11.0 Å². The lowest BCUT2D eigenvalue weighted by atomic mass is 10.00. The van der Waals surface area contributed by atoms with E-state index in [4.69, 9.17) is 11.6 Å². The number of hydrogen-bond donors (Lipinski definition) is 1. The molecule has 1 aliphatic heterocycles. The Labute approximate surface area is 124 Å². The fraction of sp³-hybridized carbons (Fsp3) is 0.571. The fourth-order valence-electron chi connectivity index (χ4n) is 3.43. The lowest BCUT2D eigenvalue weighted by Gasteiger charge is -2.19. The van der Waals surface area contributed by atoms with Crippen molar-refractivity contribution in [2.75, 3.05) is 13.1 Å². The molecule has 3 rings (SSSR count). The highest BCUT2D eigenvalue weighted by Crippen LogP contribution is 2.40. The van der Waals surface area contributed by atoms with Crippen molar-refractivity contribution in [1.29, 1.82) is 0 Å². The average molecular weight is 316 g/mol. The van der Waals surface area contributed by atoms with Gasteiger partial charge in [-0.15, -0.1) is 0 Å². The summed E-state index contributed by atoms with van der Waals surface area (Å²) in [4.78, 5) is 0.316. The van der Waals surface area contributed by atoms with Gasteiger partial charge in [0.15, 0.2) is 0 Å². The van der Waals surface area contributed by atoms with Crippen molar-refractivity contribution in [3.63, 3.8) is 0 Å². The van der Waals surface area contributed by atoms with Gasteiger partial charge >= 0.3 is 0 Å². The van der Waals surface area contributed by atoms with Gasteiger partial charge in [-0.1, -0.05) is 11.6 Å². The van der Waals surface area contributed by atoms with Crippen molar-refractivity contribution in [2.45, 2.75) is 30.8 Å². The maximum absolute atomic E-state index is 12.7. The number of aliphatic hydroxyl groups excluding tert-OH is 1. The van der Waals surface area contributed by atoms with Gasteiger partial charge in [0, 0.05) is 24.0 Å². The van der Waals surface area contributed by atoms with Gasteiger partial charge in [-0.3, -0.25) is 0 Å². The summed E-state index contributed by atoms with van der Waals surface area (Å²) in [5.41, 5.74) is 0.662. The highest BCUT2D eigenvalue weighted by molar-refractivity contribution is 7.89. The number of aliphatic hydroxyl groups is 1. The maximum atomic E-state index is 12.7. The average Bonchev–Trinajstić information content (AvgIpc) is 2.92. The number of sulfonamides is 1. The van der Waals surface area contributed by atoms with E-state index in [1.807, 2.05) is 0 Å². The molecule has 0 aromatic heterocycles. The van der Waals surface area contributed by atoms with Crippen molar-refractivity contribution >= 4 is 21.6 Å². The van der Waals surface area contributed by atoms with E-state index < -0.39 is 10.0 Å². The van der Waals surface area contributed by atoms with Crippen LogP contribution in [0, 0.1) is 18.8 Å². The summed E-state index contributed by atoms with van der Waals surface area (Å²) < 4.78 is 26.9. The third-order valence-electron chi connectivity index (χ3n) is 4.54. The van der Waals surface area contributed by atoms with Gasteiger partial charge in [-0.2, -0.15) is 4.31 Å². The lowest BCUT2D eigenvalue weighted by molar-refractivity contribution is 0.129. The normalized spacial score (nSPS) is 30.6. The molecule has 0 amide bonds. The molecule has 1 aromatic carbocycles. The van der Waals surface area contributed by atoms with Crippen LogP contribution in [-0.4, -0.2) is 37.0 Å². The monoisotopic (exact) mass is 315 g/mol. The number of nitrogens with zero attached hydrogens (tertiary/aromatic N) is 1. The molecule has 110 valence electrons. The molecule has 1 heterocycles. The molecule has 2 fully saturated rings. The second-order valence-corrected chi connectivity index (χ2v) is 8.14. The molecular formula is C14H18ClNO3S. The minimum absolute atomic E-state index is 0.0948. The minimum atomic E-state index is -3.49. The van der Waals surface area contributed by atoms with E-state index in [0.29, 0.717) is 34.5 Å². The van der Waals surface area contributed by atoms with E-state index in [-0.39, 0.29) is 12.0 Å². The molecule has 0 radical (unpaired) electrons. The van der Waals surface area contributed by atoms with E-state index in [9.17, 15) is 13.5 Å². The smallest absolute Gasteiger partial charge is 0.243 e. The third-order valence-corrected chi connectivity index (χ3v) is 6.77. The predicted octanol–water partition coefficient (Wildman–Crippen LogP) is 2.04. The van der Waals surface area contributed by atoms with Crippen molar-refractivity contribution in [1.82, 2.24) is 4.31 Å². The van der Waals surface area contributed by atoms with Crippen LogP contribution in [0.1, 0.15) is 18.4 Å². The van der Waals surface area contributed by atoms with E-state index in [0.717, 1.165) is 12.8 Å². The Bertz CT molecular complexity index is 631. The van der Waals surface area contributed by atoms with Gasteiger partial charge in [0.2, 0.25) is 10.0 Å². The SMILES string of the molecule is Cc1cc(Cl)ccc1S(=O)(=O)N1CC2CCC(O)C2C1. The van der Waals surface area contributed by atoms with Crippen LogP contribution in [0.3, 0.4) is 0 Å². The van der Waals surface area contributed by atoms with Crippen LogP contribution in [0.25, 0.3) is 0 Å². The van der Waals surface area contributed by atoms with Gasteiger partial charge in [-0.25, -0.2) is 8.42 Å². The van der Waals surface area contributed by atoms with E-state index in [2.05, 4.69) is 0 Å². The fourth-order valence-corrected chi connectivity index (χ4v) is 5.40. The van der Waals surface area contributed by atoms with Crippen LogP contribution in [0.2, 0.25) is 5.02 Å². The van der Waals surface area contributed by atoms with E-state index >= 15 is 0 Å². The molecular weight excluding hydrogens is 298 g/mol. The van der Waals surface area contributed by atoms with Crippen molar-refractivity contribution < 1.29 is 13.5 Å². The van der Waals surface area contributed by atoms with Crippen LogP contribution in [0.4, 0.5) is 0 Å². The standard InChI is InChI=1S/C14H18ClNO3S/c1-9-6-11(15)3-5-14(9)20(18,19)16-7-10-2-4-13(17)12(10)8-16/h3,5-6,10,12-13,17H,2,4,7-8H2,1H3. The van der Waals surface area contributed by atoms with Crippen LogP contribution < -0.4 is 0 Å². The summed E-state index contributed by atoms with van der Waals surface area (Å²) >= 11 is 5.88. The number of aryl methyl sites for hydroxylation is 1. The molecule has 1 saturated heterocycles. The molecule has 2 aliphatic rings. The number of fused-ring (bicyclic) bond motifs is 1. The Morgan fingerprint density at radius 2 is 2.05 bits per heavy atom. The van der Waals surface area contributed by atoms with Crippen LogP contribution >= 0.6 is 11.6 Å². The molecule has 3 atom stereocenters. The molecule has 0 bridgehead atoms. The third kappa shape index (κ3) is 2.26. The summed E-state index contributed by atoms with van der Waals surface area (Å²) in [6.07, 6.45) is 1.35. The highest BCUT2D eigenvalue weighted by atomic mass is 35.5. The second-order valence-electron chi connectivity index (χ2n) is 5.80. The first-order chi connectivity index (χ1) is 9.39. The first-order valence-electron chi connectivity index (χ1n) is 6.84. The molecule has 1 aromatic rings. The molecule has 6 heteroatoms. The number of benzene rings is 1. The Morgan fingerprint density at radius 3 is 2.70 bits per heavy atom. The Morgan fingerprint density at radius 1 is 1.30 bits per heavy atom. The molecule has 3 unspecified atom stereocenters. The van der Waals surface area contributed by atoms with Gasteiger partial charge in [0.1, 0.15) is 0 Å². The number of halogens is 1. The zero-order valence-corrected chi connectivity index (χ0v) is 12.9. The molecule has 20 heavy (non-hydrogen) atoms. The summed E-state index contributed by atoms with van der Waals surface area (Å²) in [5, 5.41) is 10.4. The second kappa shape index (κ2) is 4.98. The van der Waals surface area contributed by atoms with Gasteiger partial charge in [0.25, 0.3) is 0 Å². The summed E-state index contributed by atoms with van der Waals surface area (Å²) in [6.45, 7) is 2.70. The predicted molar refractivity (Wildman–Crippen MR) is 77.2 cm³/mol. The van der Waals surface area contributed by atoms with Crippen LogP contribution in [0.15, 0.2) is 23.1 Å². The van der Waals surface area contributed by atoms with Crippen LogP contribution in [0.5, 0.6) is 0 Å². The molecule has 1 saturated carbocycles. The summed E-state index contributed by atoms with van der Waals surface area (Å²) in [6, 6.07) is 4.84. The van der Waals surface area contributed by atoms with Crippen molar-refractivity contribution in [2.24, 2.45) is 11.8 Å². The van der Waals surface area contributed by atoms with Crippen LogP contribution in [-0.2, 0) is 10.0 Å². The first kappa shape index (κ1) is 14.3. The molecule has 0 spiro atoms. The maximum Gasteiger partial charge on any atom is 0.243 e. The zero-order valence-electron chi connectivity index (χ0n) is 11.3. The largest absolute Gasteiger partial charge is 0.393 e. The Balaban J connectivity index is 1.90. The first-order valence-corrected chi connectivity index (χ1v) is 8.66. The Hall–Kier alpha value is -0.620. The van der Waals surface area contributed by atoms with E-state index in [1.165, 1.54) is 4.31 Å². The van der Waals surface area contributed by atoms with Crippen molar-refractivity contribution in [3.8, 4) is 0 Å². The molecule has 1 N–H and O–H groups in total. The van der Waals surface area contributed by atoms with Gasteiger partial charge < -0.3 is 5.11 Å². The van der Waals surface area contributed by atoms with Gasteiger partial charge in [-0.05, 0) is 49.4 Å². The number of hydrogen-bond acceptors (Lipinski definition) is 3. The molecule has 4 nitrogen and oxygen atoms in total. The van der Waals surface area contributed by atoms with E-state index in [1.54, 1.807) is 25.1 Å². The topological polar surface area (TPSA) is 57.6 Å². The zero-order chi connectivity index (χ0) is 14.5. The van der Waals surface area contributed by atoms with Crippen molar-refractivity contribution in [3.05, 3.63) is 28.8 Å². The number of rotatable bonds is 2. The minimum Gasteiger partial charge on any atom is -0.393 e. The quantitative estimate of drug-likeness (QED) is 0.908. The highest BCUT2D eigenvalue weighted by Gasteiger charge is 2.45. The lowest BCUT2D eigenvalue weighted by Crippen LogP contribution is -2.31. The summed E-state index contributed by atoms with van der Waals surface area (Å²) in [7, 11) is -3.49. The Kier molecular flexibility index (Phi) is 3.57. The summed E-state index contributed by atoms with van der Waals surface area (Å²) in [5.74, 6) is 0.393. The molecule has 1 aliphatic carbocycles.